The predicted octanol–water partition coefficient (Wildman–Crippen LogP) is 3.59. The largest absolute Gasteiger partial charge is 0.508 e. The minimum Gasteiger partial charge on any atom is -0.508 e. The summed E-state index contributed by atoms with van der Waals surface area (Å²) in [6, 6.07) is 23.2. The topological polar surface area (TPSA) is 104 Å². The Bertz CT molecular complexity index is 1130. The van der Waals surface area contributed by atoms with Crippen molar-refractivity contribution in [2.75, 3.05) is 5.32 Å². The van der Waals surface area contributed by atoms with Crippen LogP contribution in [0.15, 0.2) is 84.9 Å². The molecule has 3 atom stereocenters. The average molecular weight is 442 g/mol. The zero-order chi connectivity index (χ0) is 23.2. The van der Waals surface area contributed by atoms with Gasteiger partial charge in [-0.1, -0.05) is 54.6 Å². The van der Waals surface area contributed by atoms with Crippen LogP contribution in [0.25, 0.3) is 6.08 Å². The van der Waals surface area contributed by atoms with Gasteiger partial charge in [-0.2, -0.15) is 0 Å². The molecule has 1 aliphatic rings. The molecule has 2 unspecified atom stereocenters. The lowest BCUT2D eigenvalue weighted by Gasteiger charge is -2.18. The third-order valence-corrected chi connectivity index (χ3v) is 5.68. The maximum absolute atomic E-state index is 13.0. The molecular formula is C27H27N3O3. The molecule has 0 heterocycles. The van der Waals surface area contributed by atoms with Crippen LogP contribution in [0.3, 0.4) is 0 Å². The van der Waals surface area contributed by atoms with Gasteiger partial charge in [-0.15, -0.1) is 0 Å². The number of carbonyl (C=O) groups excluding carboxylic acids is 2. The van der Waals surface area contributed by atoms with Crippen molar-refractivity contribution in [1.82, 2.24) is 5.32 Å². The van der Waals surface area contributed by atoms with Crippen molar-refractivity contribution in [3.8, 4) is 5.75 Å². The predicted molar refractivity (Wildman–Crippen MR) is 130 cm³/mol. The zero-order valence-corrected chi connectivity index (χ0v) is 18.1. The Kier molecular flexibility index (Phi) is 6.86. The highest BCUT2D eigenvalue weighted by Gasteiger charge is 2.34. The number of benzene rings is 3. The molecular weight excluding hydrogens is 414 g/mol. The lowest BCUT2D eigenvalue weighted by Crippen LogP contribution is -2.44. The Morgan fingerprint density at radius 3 is 2.30 bits per heavy atom. The molecule has 0 saturated heterocycles. The second kappa shape index (κ2) is 10.1. The van der Waals surface area contributed by atoms with Gasteiger partial charge in [0.2, 0.25) is 11.8 Å². The van der Waals surface area contributed by atoms with Crippen molar-refractivity contribution < 1.29 is 14.7 Å². The fraction of sp³-hybridized carbons (Fsp3) is 0.185. The van der Waals surface area contributed by atoms with E-state index in [0.29, 0.717) is 18.0 Å². The van der Waals surface area contributed by atoms with Crippen molar-refractivity contribution in [3.05, 3.63) is 102 Å². The van der Waals surface area contributed by atoms with Crippen molar-refractivity contribution in [1.29, 1.82) is 0 Å². The summed E-state index contributed by atoms with van der Waals surface area (Å²) in [6.07, 6.45) is 4.37. The first kappa shape index (κ1) is 22.3. The van der Waals surface area contributed by atoms with Gasteiger partial charge in [-0.3, -0.25) is 9.59 Å². The Hall–Kier alpha value is -3.90. The van der Waals surface area contributed by atoms with Crippen LogP contribution in [0, 0.1) is 0 Å². The summed E-state index contributed by atoms with van der Waals surface area (Å²) >= 11 is 0. The summed E-state index contributed by atoms with van der Waals surface area (Å²) in [4.78, 5) is 25.6. The smallest absolute Gasteiger partial charge is 0.247 e. The molecule has 5 N–H and O–H groups in total. The van der Waals surface area contributed by atoms with Crippen LogP contribution < -0.4 is 16.4 Å². The molecule has 3 aromatic carbocycles. The first-order chi connectivity index (χ1) is 16.0. The zero-order valence-electron chi connectivity index (χ0n) is 18.1. The molecule has 1 saturated carbocycles. The molecule has 2 amide bonds. The van der Waals surface area contributed by atoms with Crippen molar-refractivity contribution in [2.24, 2.45) is 5.73 Å². The lowest BCUT2D eigenvalue weighted by atomic mass is 10.0. The van der Waals surface area contributed by atoms with Crippen molar-refractivity contribution >= 4 is 23.6 Å². The summed E-state index contributed by atoms with van der Waals surface area (Å²) in [5.74, 6) is -0.109. The molecule has 0 bridgehead atoms. The first-order valence-corrected chi connectivity index (χ1v) is 11.0. The van der Waals surface area contributed by atoms with E-state index in [1.54, 1.807) is 30.3 Å². The van der Waals surface area contributed by atoms with E-state index >= 15 is 0 Å². The number of carbonyl (C=O) groups is 2. The van der Waals surface area contributed by atoms with Crippen LogP contribution >= 0.6 is 0 Å². The van der Waals surface area contributed by atoms with Gasteiger partial charge in [0, 0.05) is 30.1 Å². The molecule has 6 nitrogen and oxygen atoms in total. The van der Waals surface area contributed by atoms with E-state index in [0.717, 1.165) is 17.5 Å². The number of hydrogen-bond acceptors (Lipinski definition) is 4. The monoisotopic (exact) mass is 441 g/mol. The number of anilines is 1. The van der Waals surface area contributed by atoms with Gasteiger partial charge in [0.25, 0.3) is 0 Å². The summed E-state index contributed by atoms with van der Waals surface area (Å²) < 4.78 is 0. The van der Waals surface area contributed by atoms with Crippen LogP contribution in [0.2, 0.25) is 0 Å². The van der Waals surface area contributed by atoms with Gasteiger partial charge in [-0.25, -0.2) is 0 Å². The number of phenolic OH excluding ortho intramolecular Hbond substituents is 1. The average Bonchev–Trinajstić information content (AvgIpc) is 3.56. The molecule has 0 aliphatic heterocycles. The third kappa shape index (κ3) is 6.30. The number of phenols is 1. The maximum Gasteiger partial charge on any atom is 0.247 e. The number of aromatic hydroxyl groups is 1. The third-order valence-electron chi connectivity index (χ3n) is 5.68. The van der Waals surface area contributed by atoms with Gasteiger partial charge in [0.05, 0.1) is 0 Å². The van der Waals surface area contributed by atoms with Gasteiger partial charge < -0.3 is 21.5 Å². The lowest BCUT2D eigenvalue weighted by molar-refractivity contribution is -0.123. The van der Waals surface area contributed by atoms with Crippen LogP contribution in [-0.4, -0.2) is 29.0 Å². The molecule has 0 spiro atoms. The van der Waals surface area contributed by atoms with Crippen LogP contribution in [-0.2, 0) is 16.0 Å². The van der Waals surface area contributed by atoms with E-state index in [1.165, 1.54) is 11.6 Å². The van der Waals surface area contributed by atoms with Crippen LogP contribution in [0.5, 0.6) is 5.75 Å². The Morgan fingerprint density at radius 2 is 1.67 bits per heavy atom. The maximum atomic E-state index is 13.0. The molecule has 168 valence electrons. The summed E-state index contributed by atoms with van der Waals surface area (Å²) in [6.45, 7) is 0. The normalized spacial score (nSPS) is 18.0. The summed E-state index contributed by atoms with van der Waals surface area (Å²) in [7, 11) is 0. The quantitative estimate of drug-likeness (QED) is 0.401. The van der Waals surface area contributed by atoms with Gasteiger partial charge in [0.15, 0.2) is 0 Å². The SMILES string of the molecule is NC1CC1c1ccc(NC(=O)[C@H](Cc2ccccc2)NC(=O)/C=C/c2ccc(O)cc2)cc1. The second-order valence-corrected chi connectivity index (χ2v) is 8.29. The molecule has 1 aliphatic carbocycles. The number of rotatable bonds is 8. The Morgan fingerprint density at radius 1 is 1.00 bits per heavy atom. The number of amides is 2. The second-order valence-electron chi connectivity index (χ2n) is 8.29. The fourth-order valence-electron chi connectivity index (χ4n) is 3.68. The molecule has 0 aromatic heterocycles. The number of nitrogens with two attached hydrogens (primary N) is 1. The van der Waals surface area contributed by atoms with Crippen molar-refractivity contribution in [2.45, 2.75) is 30.8 Å². The Labute approximate surface area is 193 Å². The van der Waals surface area contributed by atoms with Gasteiger partial charge in [0.1, 0.15) is 11.8 Å². The van der Waals surface area contributed by atoms with E-state index in [4.69, 9.17) is 5.73 Å². The minimum atomic E-state index is -0.749. The van der Waals surface area contributed by atoms with E-state index in [9.17, 15) is 14.7 Å². The molecule has 3 aromatic rings. The fourth-order valence-corrected chi connectivity index (χ4v) is 3.68. The van der Waals surface area contributed by atoms with E-state index in [1.807, 2.05) is 54.6 Å². The molecule has 4 rings (SSSR count). The van der Waals surface area contributed by atoms with Gasteiger partial charge in [-0.05, 0) is 53.5 Å². The Balaban J connectivity index is 1.43. The molecule has 1 fully saturated rings. The van der Waals surface area contributed by atoms with E-state index in [2.05, 4.69) is 10.6 Å². The number of hydrogen-bond donors (Lipinski definition) is 4. The highest BCUT2D eigenvalue weighted by Crippen LogP contribution is 2.39. The van der Waals surface area contributed by atoms with Crippen LogP contribution in [0.1, 0.15) is 29.0 Å². The standard InChI is InChI=1S/C27H27N3O3/c28-24-17-23(24)20-9-11-21(12-10-20)29-27(33)25(16-19-4-2-1-3-5-19)30-26(32)15-8-18-6-13-22(31)14-7-18/h1-15,23-25,31H,16-17,28H2,(H,29,33)(H,30,32)/b15-8+/t23?,24?,25-/m0/s1. The van der Waals surface area contributed by atoms with Crippen LogP contribution in [0.4, 0.5) is 5.69 Å². The highest BCUT2D eigenvalue weighted by atomic mass is 16.3. The molecule has 33 heavy (non-hydrogen) atoms. The van der Waals surface area contributed by atoms with Crippen molar-refractivity contribution in [3.63, 3.8) is 0 Å². The highest BCUT2D eigenvalue weighted by molar-refractivity contribution is 6.00. The molecule has 0 radical (unpaired) electrons. The summed E-state index contributed by atoms with van der Waals surface area (Å²) in [5, 5.41) is 15.1. The molecule has 6 heteroatoms. The number of nitrogens with one attached hydrogen (secondary N) is 2. The summed E-state index contributed by atoms with van der Waals surface area (Å²) in [5.41, 5.74) is 9.47. The van der Waals surface area contributed by atoms with E-state index < -0.39 is 6.04 Å². The minimum absolute atomic E-state index is 0.157. The van der Waals surface area contributed by atoms with Gasteiger partial charge >= 0.3 is 0 Å². The van der Waals surface area contributed by atoms with E-state index in [-0.39, 0.29) is 23.6 Å². The first-order valence-electron chi connectivity index (χ1n) is 11.0.